The Hall–Kier alpha value is -2.80. The van der Waals surface area contributed by atoms with E-state index in [0.29, 0.717) is 19.5 Å². The Balaban J connectivity index is 1.33. The second kappa shape index (κ2) is 7.61. The summed E-state index contributed by atoms with van der Waals surface area (Å²) < 4.78 is 15.7. The van der Waals surface area contributed by atoms with Crippen LogP contribution in [0.3, 0.4) is 0 Å². The van der Waals surface area contributed by atoms with Gasteiger partial charge in [0, 0.05) is 44.1 Å². The van der Waals surface area contributed by atoms with Gasteiger partial charge in [-0.3, -0.25) is 0 Å². The summed E-state index contributed by atoms with van der Waals surface area (Å²) in [7, 11) is 0. The maximum atomic E-state index is 13.9. The quantitative estimate of drug-likeness (QED) is 0.738. The van der Waals surface area contributed by atoms with Crippen LogP contribution in [0, 0.1) is 0 Å². The lowest BCUT2D eigenvalue weighted by atomic mass is 10.1. The van der Waals surface area contributed by atoms with Gasteiger partial charge < -0.3 is 10.2 Å². The lowest BCUT2D eigenvalue weighted by Crippen LogP contribution is -2.38. The predicted molar refractivity (Wildman–Crippen MR) is 97.9 cm³/mol. The summed E-state index contributed by atoms with van der Waals surface area (Å²) in [6, 6.07) is 14.0. The van der Waals surface area contributed by atoms with E-state index in [-0.39, 0.29) is 6.04 Å². The van der Waals surface area contributed by atoms with Gasteiger partial charge in [0.15, 0.2) is 5.82 Å². The Morgan fingerprint density at radius 1 is 1.12 bits per heavy atom. The molecule has 1 aliphatic heterocycles. The monoisotopic (exact) mass is 352 g/mol. The zero-order valence-electron chi connectivity index (χ0n) is 14.4. The topological polar surface area (TPSA) is 58.9 Å². The first kappa shape index (κ1) is 16.7. The molecule has 1 aliphatic rings. The van der Waals surface area contributed by atoms with E-state index < -0.39 is 6.17 Å². The molecular formula is C19H21FN6. The minimum atomic E-state index is -0.822. The molecule has 1 aromatic carbocycles. The molecule has 0 bridgehead atoms. The van der Waals surface area contributed by atoms with Gasteiger partial charge in [-0.15, -0.1) is 5.10 Å². The van der Waals surface area contributed by atoms with Crippen molar-refractivity contribution in [1.29, 1.82) is 0 Å². The predicted octanol–water partition coefficient (Wildman–Crippen LogP) is 2.37. The van der Waals surface area contributed by atoms with Crippen LogP contribution in [0.25, 0.3) is 5.69 Å². The molecule has 3 heterocycles. The van der Waals surface area contributed by atoms with Gasteiger partial charge in [-0.05, 0) is 35.9 Å². The van der Waals surface area contributed by atoms with E-state index in [1.165, 1.54) is 5.56 Å². The van der Waals surface area contributed by atoms with Crippen molar-refractivity contribution in [2.24, 2.45) is 0 Å². The van der Waals surface area contributed by atoms with E-state index >= 15 is 0 Å². The van der Waals surface area contributed by atoms with E-state index in [2.05, 4.69) is 32.7 Å². The second-order valence-electron chi connectivity index (χ2n) is 6.47. The smallest absolute Gasteiger partial charge is 0.151 e. The van der Waals surface area contributed by atoms with Gasteiger partial charge in [0.05, 0.1) is 12.2 Å². The van der Waals surface area contributed by atoms with Gasteiger partial charge >= 0.3 is 0 Å². The molecule has 134 valence electrons. The average molecular weight is 352 g/mol. The average Bonchev–Trinajstić information content (AvgIpc) is 3.33. The molecule has 3 aromatic rings. The van der Waals surface area contributed by atoms with E-state index in [4.69, 9.17) is 0 Å². The Kier molecular flexibility index (Phi) is 4.88. The maximum absolute atomic E-state index is 13.9. The number of hydrogen-bond donors (Lipinski definition) is 1. The van der Waals surface area contributed by atoms with Crippen LogP contribution in [0.15, 0.2) is 61.1 Å². The number of aromatic nitrogens is 4. The molecule has 1 N–H and O–H groups in total. The van der Waals surface area contributed by atoms with E-state index in [9.17, 15) is 4.39 Å². The zero-order chi connectivity index (χ0) is 17.8. The molecule has 4 rings (SSSR count). The zero-order valence-corrected chi connectivity index (χ0v) is 14.4. The Labute approximate surface area is 151 Å². The molecule has 2 aromatic heterocycles. The third-order valence-corrected chi connectivity index (χ3v) is 4.63. The number of hydrogen-bond acceptors (Lipinski definition) is 5. The highest BCUT2D eigenvalue weighted by Gasteiger charge is 2.32. The summed E-state index contributed by atoms with van der Waals surface area (Å²) in [6.07, 6.45) is 5.01. The van der Waals surface area contributed by atoms with Crippen molar-refractivity contribution in [3.8, 4) is 5.69 Å². The highest BCUT2D eigenvalue weighted by atomic mass is 19.1. The second-order valence-corrected chi connectivity index (χ2v) is 6.47. The van der Waals surface area contributed by atoms with Gasteiger partial charge in [-0.25, -0.2) is 9.07 Å². The van der Waals surface area contributed by atoms with Crippen molar-refractivity contribution < 1.29 is 4.39 Å². The minimum absolute atomic E-state index is 0.0880. The standard InChI is InChI=1S/C19H21FN6/c20-16-11-18(25(14-16)19-3-1-8-22-24-19)13-21-12-15-4-6-17(7-5-15)26-10-2-9-23-26/h1-10,16,18,21H,11-14H2/t16-,18-/m0/s1. The van der Waals surface area contributed by atoms with Crippen molar-refractivity contribution >= 4 is 5.82 Å². The fourth-order valence-electron chi connectivity index (χ4n) is 3.35. The lowest BCUT2D eigenvalue weighted by Gasteiger charge is -2.25. The molecular weight excluding hydrogens is 331 g/mol. The summed E-state index contributed by atoms with van der Waals surface area (Å²) >= 11 is 0. The van der Waals surface area contributed by atoms with Crippen LogP contribution in [0.5, 0.6) is 0 Å². The largest absolute Gasteiger partial charge is 0.348 e. The SMILES string of the molecule is F[C@H]1C[C@@H](CNCc2ccc(-n3cccn3)cc2)N(c2cccnn2)C1. The highest BCUT2D eigenvalue weighted by molar-refractivity contribution is 5.40. The van der Waals surface area contributed by atoms with E-state index in [0.717, 1.165) is 18.1 Å². The number of nitrogens with one attached hydrogen (secondary N) is 1. The summed E-state index contributed by atoms with van der Waals surface area (Å²) in [6.45, 7) is 1.82. The first-order valence-electron chi connectivity index (χ1n) is 8.78. The first-order chi connectivity index (χ1) is 12.8. The summed E-state index contributed by atoms with van der Waals surface area (Å²) in [5.41, 5.74) is 2.21. The molecule has 2 atom stereocenters. The molecule has 26 heavy (non-hydrogen) atoms. The van der Waals surface area contributed by atoms with Crippen LogP contribution < -0.4 is 10.2 Å². The van der Waals surface area contributed by atoms with Crippen LogP contribution in [0.1, 0.15) is 12.0 Å². The third-order valence-electron chi connectivity index (χ3n) is 4.63. The van der Waals surface area contributed by atoms with Crippen LogP contribution in [-0.2, 0) is 6.54 Å². The van der Waals surface area contributed by atoms with Crippen LogP contribution in [-0.4, -0.2) is 45.3 Å². The molecule has 0 radical (unpaired) electrons. The highest BCUT2D eigenvalue weighted by Crippen LogP contribution is 2.24. The van der Waals surface area contributed by atoms with Crippen molar-refractivity contribution in [2.45, 2.75) is 25.2 Å². The molecule has 0 saturated carbocycles. The third kappa shape index (κ3) is 3.72. The molecule has 0 aliphatic carbocycles. The summed E-state index contributed by atoms with van der Waals surface area (Å²) in [4.78, 5) is 2.01. The number of benzene rings is 1. The van der Waals surface area contributed by atoms with Crippen LogP contribution >= 0.6 is 0 Å². The minimum Gasteiger partial charge on any atom is -0.348 e. The normalized spacial score (nSPS) is 19.8. The molecule has 0 amide bonds. The van der Waals surface area contributed by atoms with Crippen molar-refractivity contribution in [3.05, 3.63) is 66.6 Å². The van der Waals surface area contributed by atoms with E-state index in [1.54, 1.807) is 12.4 Å². The van der Waals surface area contributed by atoms with Gasteiger partial charge in [0.1, 0.15) is 6.17 Å². The Morgan fingerprint density at radius 2 is 2.00 bits per heavy atom. The fraction of sp³-hybridized carbons (Fsp3) is 0.316. The molecule has 6 nitrogen and oxygen atoms in total. The number of rotatable bonds is 6. The molecule has 0 spiro atoms. The van der Waals surface area contributed by atoms with Crippen LogP contribution in [0.2, 0.25) is 0 Å². The number of alkyl halides is 1. The maximum Gasteiger partial charge on any atom is 0.151 e. The van der Waals surface area contributed by atoms with Crippen molar-refractivity contribution in [2.75, 3.05) is 18.0 Å². The Bertz CT molecular complexity index is 806. The van der Waals surface area contributed by atoms with E-state index in [1.807, 2.05) is 46.1 Å². The summed E-state index contributed by atoms with van der Waals surface area (Å²) in [5.74, 6) is 0.739. The van der Waals surface area contributed by atoms with Gasteiger partial charge in [-0.2, -0.15) is 10.2 Å². The number of halogens is 1. The summed E-state index contributed by atoms with van der Waals surface area (Å²) in [5, 5.41) is 15.7. The molecule has 7 heteroatoms. The first-order valence-corrected chi connectivity index (χ1v) is 8.78. The number of nitrogens with zero attached hydrogens (tertiary/aromatic N) is 5. The Morgan fingerprint density at radius 3 is 2.73 bits per heavy atom. The van der Waals surface area contributed by atoms with Crippen LogP contribution in [0.4, 0.5) is 10.2 Å². The fourth-order valence-corrected chi connectivity index (χ4v) is 3.35. The molecule has 1 saturated heterocycles. The molecule has 1 fully saturated rings. The number of anilines is 1. The van der Waals surface area contributed by atoms with Gasteiger partial charge in [0.2, 0.25) is 0 Å². The van der Waals surface area contributed by atoms with Gasteiger partial charge in [0.25, 0.3) is 0 Å². The lowest BCUT2D eigenvalue weighted by molar-refractivity contribution is 0.354. The van der Waals surface area contributed by atoms with Crippen molar-refractivity contribution in [1.82, 2.24) is 25.3 Å². The van der Waals surface area contributed by atoms with Gasteiger partial charge in [-0.1, -0.05) is 12.1 Å². The van der Waals surface area contributed by atoms with Crippen molar-refractivity contribution in [3.63, 3.8) is 0 Å². The molecule has 0 unspecified atom stereocenters.